The molecule has 150 valence electrons. The molecular formula is C23H17Cl2N3O2. The molecule has 7 heteroatoms. The zero-order valence-corrected chi connectivity index (χ0v) is 17.3. The Bertz CT molecular complexity index is 1220. The van der Waals surface area contributed by atoms with Crippen molar-refractivity contribution in [2.45, 2.75) is 13.1 Å². The van der Waals surface area contributed by atoms with Gasteiger partial charge in [0.05, 0.1) is 24.1 Å². The third-order valence-electron chi connectivity index (χ3n) is 4.71. The molecule has 0 saturated heterocycles. The average Bonchev–Trinajstić information content (AvgIpc) is 3.10. The number of hydrogen-bond donors (Lipinski definition) is 1. The van der Waals surface area contributed by atoms with Crippen molar-refractivity contribution in [2.75, 3.05) is 0 Å². The highest BCUT2D eigenvalue weighted by Gasteiger charge is 2.16. The molecule has 1 amide bonds. The summed E-state index contributed by atoms with van der Waals surface area (Å²) in [4.78, 5) is 29.9. The Morgan fingerprint density at radius 2 is 1.43 bits per heavy atom. The standard InChI is InChI=1S/C23H17Cl2N3O2/c24-17-9-5-15(6-10-17)21(29)14-28-20-4-2-1-3-19(20)27-22(28)13-26-23(30)16-7-11-18(25)12-8-16/h1-12H,13-14H2,(H,26,30). The van der Waals surface area contributed by atoms with Crippen LogP contribution in [-0.4, -0.2) is 21.2 Å². The summed E-state index contributed by atoms with van der Waals surface area (Å²) in [7, 11) is 0. The Hall–Kier alpha value is -3.15. The van der Waals surface area contributed by atoms with E-state index >= 15 is 0 Å². The number of benzene rings is 3. The Balaban J connectivity index is 1.58. The molecule has 1 heterocycles. The van der Waals surface area contributed by atoms with E-state index in [0.717, 1.165) is 11.0 Å². The van der Waals surface area contributed by atoms with Crippen LogP contribution in [0, 0.1) is 0 Å². The monoisotopic (exact) mass is 437 g/mol. The number of halogens is 2. The molecule has 0 spiro atoms. The fourth-order valence-corrected chi connectivity index (χ4v) is 3.42. The maximum absolute atomic E-state index is 12.8. The van der Waals surface area contributed by atoms with Crippen molar-refractivity contribution in [3.05, 3.63) is 99.8 Å². The van der Waals surface area contributed by atoms with E-state index in [-0.39, 0.29) is 24.8 Å². The molecule has 0 atom stereocenters. The van der Waals surface area contributed by atoms with Gasteiger partial charge in [-0.3, -0.25) is 9.59 Å². The van der Waals surface area contributed by atoms with Gasteiger partial charge in [0.2, 0.25) is 0 Å². The Kier molecular flexibility index (Phi) is 5.84. The number of ketones is 1. The number of nitrogens with one attached hydrogen (secondary N) is 1. The first-order valence-corrected chi connectivity index (χ1v) is 10.0. The molecule has 0 aliphatic rings. The lowest BCUT2D eigenvalue weighted by Gasteiger charge is -2.10. The van der Waals surface area contributed by atoms with Gasteiger partial charge in [0, 0.05) is 21.2 Å². The Morgan fingerprint density at radius 1 is 0.833 bits per heavy atom. The summed E-state index contributed by atoms with van der Waals surface area (Å²) in [5, 5.41) is 4.00. The van der Waals surface area contributed by atoms with Crippen molar-refractivity contribution in [1.82, 2.24) is 14.9 Å². The largest absolute Gasteiger partial charge is 0.345 e. The third kappa shape index (κ3) is 4.37. The molecule has 0 fully saturated rings. The summed E-state index contributed by atoms with van der Waals surface area (Å²) < 4.78 is 1.83. The average molecular weight is 438 g/mol. The minimum Gasteiger partial charge on any atom is -0.345 e. The van der Waals surface area contributed by atoms with Gasteiger partial charge in [-0.25, -0.2) is 4.98 Å². The van der Waals surface area contributed by atoms with Gasteiger partial charge < -0.3 is 9.88 Å². The third-order valence-corrected chi connectivity index (χ3v) is 5.22. The number of carbonyl (C=O) groups is 2. The number of fused-ring (bicyclic) bond motifs is 1. The SMILES string of the molecule is O=C(Cn1c(CNC(=O)c2ccc(Cl)cc2)nc2ccccc21)c1ccc(Cl)cc1. The molecule has 0 aliphatic heterocycles. The second-order valence-corrected chi connectivity index (χ2v) is 7.60. The molecule has 0 saturated carbocycles. The first-order valence-electron chi connectivity index (χ1n) is 9.28. The predicted molar refractivity (Wildman–Crippen MR) is 118 cm³/mol. The molecule has 3 aromatic carbocycles. The van der Waals surface area contributed by atoms with E-state index < -0.39 is 0 Å². The van der Waals surface area contributed by atoms with Crippen LogP contribution in [0.15, 0.2) is 72.8 Å². The summed E-state index contributed by atoms with van der Waals surface area (Å²) in [6.07, 6.45) is 0. The number of aromatic nitrogens is 2. The number of hydrogen-bond acceptors (Lipinski definition) is 3. The number of nitrogens with zero attached hydrogens (tertiary/aromatic N) is 2. The van der Waals surface area contributed by atoms with Crippen LogP contribution in [-0.2, 0) is 13.1 Å². The van der Waals surface area contributed by atoms with Gasteiger partial charge in [0.15, 0.2) is 5.78 Å². The number of Topliss-reactive ketones (excluding diaryl/α,β-unsaturated/α-hetero) is 1. The quantitative estimate of drug-likeness (QED) is 0.423. The van der Waals surface area contributed by atoms with Crippen molar-refractivity contribution in [1.29, 1.82) is 0 Å². The summed E-state index contributed by atoms with van der Waals surface area (Å²) >= 11 is 11.8. The van der Waals surface area contributed by atoms with E-state index in [2.05, 4.69) is 10.3 Å². The molecular weight excluding hydrogens is 421 g/mol. The maximum Gasteiger partial charge on any atom is 0.251 e. The van der Waals surface area contributed by atoms with Crippen LogP contribution in [0.1, 0.15) is 26.5 Å². The van der Waals surface area contributed by atoms with Gasteiger partial charge in [-0.2, -0.15) is 0 Å². The second-order valence-electron chi connectivity index (χ2n) is 6.72. The molecule has 1 aromatic heterocycles. The number of amides is 1. The minimum absolute atomic E-state index is 0.0694. The minimum atomic E-state index is -0.241. The number of para-hydroxylation sites is 2. The van der Waals surface area contributed by atoms with Crippen molar-refractivity contribution in [2.24, 2.45) is 0 Å². The van der Waals surface area contributed by atoms with Crippen LogP contribution in [0.2, 0.25) is 10.0 Å². The molecule has 30 heavy (non-hydrogen) atoms. The molecule has 0 aliphatic carbocycles. The summed E-state index contributed by atoms with van der Waals surface area (Å²) in [5.41, 5.74) is 2.65. The normalized spacial score (nSPS) is 10.9. The first kappa shape index (κ1) is 20.1. The lowest BCUT2D eigenvalue weighted by molar-refractivity contribution is 0.0949. The lowest BCUT2D eigenvalue weighted by Crippen LogP contribution is -2.25. The molecule has 0 radical (unpaired) electrons. The van der Waals surface area contributed by atoms with Crippen molar-refractivity contribution >= 4 is 45.9 Å². The van der Waals surface area contributed by atoms with Crippen molar-refractivity contribution < 1.29 is 9.59 Å². The van der Waals surface area contributed by atoms with Crippen LogP contribution in [0.4, 0.5) is 0 Å². The van der Waals surface area contributed by atoms with Crippen LogP contribution in [0.3, 0.4) is 0 Å². The van der Waals surface area contributed by atoms with Gasteiger partial charge in [-0.15, -0.1) is 0 Å². The van der Waals surface area contributed by atoms with Gasteiger partial charge in [-0.1, -0.05) is 35.3 Å². The fraction of sp³-hybridized carbons (Fsp3) is 0.0870. The maximum atomic E-state index is 12.8. The molecule has 0 unspecified atom stereocenters. The highest BCUT2D eigenvalue weighted by molar-refractivity contribution is 6.31. The van der Waals surface area contributed by atoms with Crippen molar-refractivity contribution in [3.8, 4) is 0 Å². The predicted octanol–water partition coefficient (Wildman–Crippen LogP) is 5.16. The zero-order valence-electron chi connectivity index (χ0n) is 15.8. The molecule has 1 N–H and O–H groups in total. The fourth-order valence-electron chi connectivity index (χ4n) is 3.17. The second kappa shape index (κ2) is 8.69. The Labute approximate surface area is 183 Å². The van der Waals surface area contributed by atoms with E-state index in [9.17, 15) is 9.59 Å². The van der Waals surface area contributed by atoms with Crippen molar-refractivity contribution in [3.63, 3.8) is 0 Å². The van der Waals surface area contributed by atoms with Crippen LogP contribution < -0.4 is 5.32 Å². The highest BCUT2D eigenvalue weighted by atomic mass is 35.5. The van der Waals surface area contributed by atoms with E-state index in [4.69, 9.17) is 23.2 Å². The van der Waals surface area contributed by atoms with Gasteiger partial charge in [0.25, 0.3) is 5.91 Å². The van der Waals surface area contributed by atoms with E-state index in [1.807, 2.05) is 28.8 Å². The van der Waals surface area contributed by atoms with Crippen LogP contribution in [0.25, 0.3) is 11.0 Å². The molecule has 0 bridgehead atoms. The summed E-state index contributed by atoms with van der Waals surface area (Å²) in [6, 6.07) is 21.0. The molecule has 4 aromatic rings. The number of carbonyl (C=O) groups excluding carboxylic acids is 2. The highest BCUT2D eigenvalue weighted by Crippen LogP contribution is 2.18. The zero-order chi connectivity index (χ0) is 21.1. The molecule has 4 rings (SSSR count). The van der Waals surface area contributed by atoms with E-state index in [1.54, 1.807) is 48.5 Å². The summed E-state index contributed by atoms with van der Waals surface area (Å²) in [5.74, 6) is 0.287. The van der Waals surface area contributed by atoms with E-state index in [1.165, 1.54) is 0 Å². The Morgan fingerprint density at radius 3 is 2.10 bits per heavy atom. The van der Waals surface area contributed by atoms with Crippen LogP contribution >= 0.6 is 23.2 Å². The molecule has 5 nitrogen and oxygen atoms in total. The van der Waals surface area contributed by atoms with Gasteiger partial charge >= 0.3 is 0 Å². The topological polar surface area (TPSA) is 64.0 Å². The first-order chi connectivity index (χ1) is 14.5. The lowest BCUT2D eigenvalue weighted by atomic mass is 10.1. The number of imidazole rings is 1. The van der Waals surface area contributed by atoms with Crippen LogP contribution in [0.5, 0.6) is 0 Å². The number of rotatable bonds is 6. The summed E-state index contributed by atoms with van der Waals surface area (Å²) in [6.45, 7) is 0.290. The smallest absolute Gasteiger partial charge is 0.251 e. The van der Waals surface area contributed by atoms with Gasteiger partial charge in [-0.05, 0) is 60.7 Å². The van der Waals surface area contributed by atoms with E-state index in [0.29, 0.717) is 27.0 Å². The van der Waals surface area contributed by atoms with Gasteiger partial charge in [0.1, 0.15) is 5.82 Å².